The highest BCUT2D eigenvalue weighted by molar-refractivity contribution is 6.09. The molecule has 39 heavy (non-hydrogen) atoms. The number of hydrogen-bond donors (Lipinski definition) is 0. The summed E-state index contributed by atoms with van der Waals surface area (Å²) in [5, 5.41) is 1.99. The van der Waals surface area contributed by atoms with Crippen molar-refractivity contribution >= 4 is 23.9 Å². The number of nitrogens with zero attached hydrogens (tertiary/aromatic N) is 4. The van der Waals surface area contributed by atoms with Gasteiger partial charge in [0.15, 0.2) is 17.5 Å². The average molecular weight is 547 g/mol. The minimum absolute atomic E-state index is 0.0784. The van der Waals surface area contributed by atoms with Crippen LogP contribution in [0.4, 0.5) is 22.4 Å². The van der Waals surface area contributed by atoms with Gasteiger partial charge in [0, 0.05) is 12.3 Å². The Kier molecular flexibility index (Phi) is 8.79. The van der Waals surface area contributed by atoms with Crippen LogP contribution in [0.3, 0.4) is 0 Å². The molecule has 0 spiro atoms. The second-order valence-corrected chi connectivity index (χ2v) is 10.0. The summed E-state index contributed by atoms with van der Waals surface area (Å²) >= 11 is 0. The van der Waals surface area contributed by atoms with E-state index < -0.39 is 41.2 Å². The lowest BCUT2D eigenvalue weighted by Crippen LogP contribution is -2.54. The summed E-state index contributed by atoms with van der Waals surface area (Å²) in [7, 11) is 0. The molecule has 1 saturated heterocycles. The van der Waals surface area contributed by atoms with Crippen molar-refractivity contribution in [1.82, 2.24) is 14.9 Å². The molecule has 1 fully saturated rings. The first kappa shape index (κ1) is 28.4. The molecule has 2 unspecified atom stereocenters. The van der Waals surface area contributed by atoms with Crippen LogP contribution in [-0.4, -0.2) is 65.0 Å². The summed E-state index contributed by atoms with van der Waals surface area (Å²) < 4.78 is 55.2. The molecule has 2 aliphatic rings. The standard InChI is InChI=1S/C28H30F4N4O3/c1-17-25(18(2)38)27(21-14-23(30)26(32)24(31)15-21)36(28(39)33-17)35(16-37)11-3-10-34-12-8-20(9-13-34)19-4-6-22(29)7-5-19/h4-7,14-16,20,25,27H,3,8-13H2,1-2H3. The Morgan fingerprint density at radius 2 is 1.67 bits per heavy atom. The lowest BCUT2D eigenvalue weighted by atomic mass is 9.85. The van der Waals surface area contributed by atoms with E-state index in [1.54, 1.807) is 12.1 Å². The molecule has 2 aromatic carbocycles. The van der Waals surface area contributed by atoms with E-state index in [9.17, 15) is 31.9 Å². The number of urea groups is 1. The maximum absolute atomic E-state index is 14.2. The zero-order valence-corrected chi connectivity index (χ0v) is 21.7. The van der Waals surface area contributed by atoms with Crippen molar-refractivity contribution in [2.45, 2.75) is 45.1 Å². The van der Waals surface area contributed by atoms with Crippen LogP contribution in [0.25, 0.3) is 0 Å². The van der Waals surface area contributed by atoms with Crippen LogP contribution in [0.1, 0.15) is 56.2 Å². The van der Waals surface area contributed by atoms with E-state index in [-0.39, 0.29) is 23.6 Å². The quantitative estimate of drug-likeness (QED) is 0.251. The van der Waals surface area contributed by atoms with Crippen molar-refractivity contribution in [2.24, 2.45) is 10.9 Å². The predicted octanol–water partition coefficient (Wildman–Crippen LogP) is 5.03. The van der Waals surface area contributed by atoms with Gasteiger partial charge < -0.3 is 4.90 Å². The molecule has 0 saturated carbocycles. The molecular formula is C28H30F4N4O3. The van der Waals surface area contributed by atoms with Crippen molar-refractivity contribution in [1.29, 1.82) is 0 Å². The smallest absolute Gasteiger partial charge is 0.303 e. The topological polar surface area (TPSA) is 73.3 Å². The van der Waals surface area contributed by atoms with Crippen molar-refractivity contribution in [3.8, 4) is 0 Å². The van der Waals surface area contributed by atoms with Crippen LogP contribution in [0.5, 0.6) is 0 Å². The molecular weight excluding hydrogens is 516 g/mol. The monoisotopic (exact) mass is 546 g/mol. The Morgan fingerprint density at radius 3 is 2.23 bits per heavy atom. The van der Waals surface area contributed by atoms with Gasteiger partial charge in [-0.3, -0.25) is 14.6 Å². The highest BCUT2D eigenvalue weighted by atomic mass is 19.2. The highest BCUT2D eigenvalue weighted by Gasteiger charge is 2.44. The summed E-state index contributed by atoms with van der Waals surface area (Å²) in [4.78, 5) is 43.8. The summed E-state index contributed by atoms with van der Waals surface area (Å²) in [6, 6.07) is 5.84. The molecule has 11 heteroatoms. The third-order valence-electron chi connectivity index (χ3n) is 7.47. The Balaban J connectivity index is 1.46. The van der Waals surface area contributed by atoms with Gasteiger partial charge in [0.25, 0.3) is 0 Å². The number of ketones is 1. The first-order chi connectivity index (χ1) is 18.6. The third kappa shape index (κ3) is 6.19. The van der Waals surface area contributed by atoms with E-state index in [2.05, 4.69) is 9.89 Å². The maximum Gasteiger partial charge on any atom is 0.362 e. The highest BCUT2D eigenvalue weighted by Crippen LogP contribution is 2.37. The van der Waals surface area contributed by atoms with Crippen LogP contribution in [0, 0.1) is 29.2 Å². The van der Waals surface area contributed by atoms with Gasteiger partial charge in [-0.25, -0.2) is 32.4 Å². The van der Waals surface area contributed by atoms with Gasteiger partial charge in [-0.1, -0.05) is 12.1 Å². The molecule has 2 atom stereocenters. The van der Waals surface area contributed by atoms with Crippen molar-refractivity contribution in [2.75, 3.05) is 26.2 Å². The number of hydrazine groups is 1. The number of halogens is 4. The summed E-state index contributed by atoms with van der Waals surface area (Å²) in [6.07, 6.45) is 2.67. The Bertz CT molecular complexity index is 1240. The Labute approximate surface area is 224 Å². The normalized spacial score (nSPS) is 20.6. The molecule has 4 rings (SSSR count). The Morgan fingerprint density at radius 1 is 1.05 bits per heavy atom. The van der Waals surface area contributed by atoms with Gasteiger partial charge in [-0.2, -0.15) is 0 Å². The summed E-state index contributed by atoms with van der Waals surface area (Å²) in [6.45, 7) is 5.00. The molecule has 2 aromatic rings. The fourth-order valence-corrected chi connectivity index (χ4v) is 5.52. The predicted molar refractivity (Wildman–Crippen MR) is 136 cm³/mol. The molecule has 3 amide bonds. The maximum atomic E-state index is 14.2. The number of aliphatic imine (C=N–C) groups is 1. The second kappa shape index (κ2) is 12.1. The second-order valence-electron chi connectivity index (χ2n) is 10.0. The van der Waals surface area contributed by atoms with Gasteiger partial charge in [-0.05, 0) is 94.1 Å². The lowest BCUT2D eigenvalue weighted by Gasteiger charge is -2.43. The SMILES string of the molecule is CC(=O)C1C(C)=NC(=O)N(N(C=O)CCCN2CCC(c3ccc(F)cc3)CC2)C1c1cc(F)c(F)c(F)c1. The zero-order valence-electron chi connectivity index (χ0n) is 21.7. The van der Waals surface area contributed by atoms with Gasteiger partial charge in [0.05, 0.1) is 12.0 Å². The van der Waals surface area contributed by atoms with E-state index in [0.717, 1.165) is 53.6 Å². The number of likely N-dealkylation sites (tertiary alicyclic amines) is 1. The first-order valence-corrected chi connectivity index (χ1v) is 12.8. The summed E-state index contributed by atoms with van der Waals surface area (Å²) in [5.74, 6) is -6.06. The minimum Gasteiger partial charge on any atom is -0.303 e. The third-order valence-corrected chi connectivity index (χ3v) is 7.47. The fraction of sp³-hybridized carbons (Fsp3) is 0.429. The van der Waals surface area contributed by atoms with Crippen molar-refractivity contribution in [3.63, 3.8) is 0 Å². The number of carbonyl (C=O) groups excluding carboxylic acids is 3. The molecule has 208 valence electrons. The average Bonchev–Trinajstić information content (AvgIpc) is 2.90. The van der Waals surface area contributed by atoms with Crippen LogP contribution in [0.15, 0.2) is 41.4 Å². The molecule has 2 heterocycles. The van der Waals surface area contributed by atoms with Gasteiger partial charge >= 0.3 is 6.03 Å². The van der Waals surface area contributed by atoms with Gasteiger partial charge in [0.2, 0.25) is 6.41 Å². The van der Waals surface area contributed by atoms with E-state index in [4.69, 9.17) is 0 Å². The molecule has 0 N–H and O–H groups in total. The van der Waals surface area contributed by atoms with E-state index in [1.807, 2.05) is 0 Å². The molecule has 0 radical (unpaired) electrons. The molecule has 0 bridgehead atoms. The van der Waals surface area contributed by atoms with Gasteiger partial charge in [0.1, 0.15) is 11.6 Å². The van der Waals surface area contributed by atoms with Gasteiger partial charge in [-0.15, -0.1) is 0 Å². The van der Waals surface area contributed by atoms with Crippen LogP contribution >= 0.6 is 0 Å². The summed E-state index contributed by atoms with van der Waals surface area (Å²) in [5.41, 5.74) is 1.07. The molecule has 2 aliphatic heterocycles. The molecule has 7 nitrogen and oxygen atoms in total. The zero-order chi connectivity index (χ0) is 28.3. The largest absolute Gasteiger partial charge is 0.362 e. The number of benzene rings is 2. The molecule has 0 aliphatic carbocycles. The number of amides is 3. The number of piperidine rings is 1. The fourth-order valence-electron chi connectivity index (χ4n) is 5.52. The minimum atomic E-state index is -1.67. The van der Waals surface area contributed by atoms with E-state index >= 15 is 0 Å². The van der Waals surface area contributed by atoms with Crippen LogP contribution in [0.2, 0.25) is 0 Å². The van der Waals surface area contributed by atoms with Crippen LogP contribution < -0.4 is 0 Å². The number of rotatable bonds is 9. The molecule has 0 aromatic heterocycles. The van der Waals surface area contributed by atoms with Crippen molar-refractivity contribution < 1.29 is 31.9 Å². The number of carbonyl (C=O) groups is 3. The Hall–Kier alpha value is -3.60. The first-order valence-electron chi connectivity index (χ1n) is 12.8. The number of Topliss-reactive ketones (excluding diaryl/α,β-unsaturated/α-hetero) is 1. The number of hydrogen-bond acceptors (Lipinski definition) is 4. The van der Waals surface area contributed by atoms with Crippen LogP contribution in [-0.2, 0) is 9.59 Å². The lowest BCUT2D eigenvalue weighted by molar-refractivity contribution is -0.137. The van der Waals surface area contributed by atoms with Crippen molar-refractivity contribution in [3.05, 3.63) is 70.8 Å². The van der Waals surface area contributed by atoms with E-state index in [1.165, 1.54) is 26.0 Å². The van der Waals surface area contributed by atoms with E-state index in [0.29, 0.717) is 25.3 Å².